The molecule has 4 N–H and O–H groups in total. The number of hydrogen-bond donors (Lipinski definition) is 4. The predicted molar refractivity (Wildman–Crippen MR) is 166 cm³/mol. The van der Waals surface area contributed by atoms with Crippen molar-refractivity contribution in [3.63, 3.8) is 0 Å². The largest absolute Gasteiger partial charge is 0.390 e. The molecule has 1 aliphatic rings. The third-order valence-electron chi connectivity index (χ3n) is 7.27. The van der Waals surface area contributed by atoms with E-state index in [1.165, 1.54) is 0 Å². The van der Waals surface area contributed by atoms with Crippen molar-refractivity contribution in [1.82, 2.24) is 25.8 Å². The molecule has 3 aromatic rings. The van der Waals surface area contributed by atoms with Gasteiger partial charge in [-0.05, 0) is 41.3 Å². The molecule has 0 aliphatic carbocycles. The van der Waals surface area contributed by atoms with Gasteiger partial charge in [-0.15, -0.1) is 12.4 Å². The highest BCUT2D eigenvalue weighted by atomic mass is 35.5. The van der Waals surface area contributed by atoms with Crippen LogP contribution < -0.4 is 16.0 Å². The second-order valence-electron chi connectivity index (χ2n) is 11.7. The minimum atomic E-state index is -0.871. The van der Waals surface area contributed by atoms with Gasteiger partial charge in [0.2, 0.25) is 17.7 Å². The Kier molecular flexibility index (Phi) is 11.8. The third-order valence-corrected chi connectivity index (χ3v) is 7.27. The average Bonchev–Trinajstić information content (AvgIpc) is 3.45. The van der Waals surface area contributed by atoms with Crippen LogP contribution in [0.25, 0.3) is 10.8 Å². The Hall–Kier alpha value is -3.53. The monoisotopic (exact) mass is 595 g/mol. The van der Waals surface area contributed by atoms with Gasteiger partial charge in [-0.1, -0.05) is 69.3 Å². The van der Waals surface area contributed by atoms with Gasteiger partial charge < -0.3 is 26.0 Å². The molecule has 10 heteroatoms. The summed E-state index contributed by atoms with van der Waals surface area (Å²) in [7, 11) is 0. The van der Waals surface area contributed by atoms with Crippen LogP contribution in [0, 0.1) is 5.41 Å². The van der Waals surface area contributed by atoms with Crippen LogP contribution in [-0.2, 0) is 27.3 Å². The summed E-state index contributed by atoms with van der Waals surface area (Å²) in [5.74, 6) is -0.799. The van der Waals surface area contributed by atoms with E-state index in [1.54, 1.807) is 11.1 Å². The number of rotatable bonds is 11. The van der Waals surface area contributed by atoms with Gasteiger partial charge in [-0.3, -0.25) is 19.4 Å². The first-order chi connectivity index (χ1) is 19.6. The van der Waals surface area contributed by atoms with Gasteiger partial charge in [0.25, 0.3) is 0 Å². The van der Waals surface area contributed by atoms with Gasteiger partial charge >= 0.3 is 0 Å². The van der Waals surface area contributed by atoms with E-state index in [2.05, 4.69) is 20.9 Å². The van der Waals surface area contributed by atoms with Crippen molar-refractivity contribution in [1.29, 1.82) is 0 Å². The fourth-order valence-electron chi connectivity index (χ4n) is 5.08. The summed E-state index contributed by atoms with van der Waals surface area (Å²) in [6.07, 6.45) is 2.45. The average molecular weight is 596 g/mol. The lowest BCUT2D eigenvalue weighted by Crippen LogP contribution is -2.55. The molecule has 3 atom stereocenters. The number of fused-ring (bicyclic) bond motifs is 1. The maximum atomic E-state index is 13.5. The molecule has 1 aliphatic heterocycles. The van der Waals surface area contributed by atoms with E-state index in [0.29, 0.717) is 19.5 Å². The second kappa shape index (κ2) is 15.1. The first-order valence-electron chi connectivity index (χ1n) is 14.3. The molecule has 0 bridgehead atoms. The van der Waals surface area contributed by atoms with Crippen LogP contribution in [0.15, 0.2) is 66.9 Å². The van der Waals surface area contributed by atoms with E-state index in [9.17, 15) is 19.5 Å². The number of nitrogens with zero attached hydrogens (tertiary/aromatic N) is 2. The fraction of sp³-hybridized carbons (Fsp3) is 0.438. The minimum absolute atomic E-state index is 0. The van der Waals surface area contributed by atoms with E-state index in [0.717, 1.165) is 28.5 Å². The van der Waals surface area contributed by atoms with E-state index in [-0.39, 0.29) is 49.6 Å². The maximum Gasteiger partial charge on any atom is 0.243 e. The summed E-state index contributed by atoms with van der Waals surface area (Å²) in [5.41, 5.74) is 1.15. The molecule has 2 aromatic carbocycles. The van der Waals surface area contributed by atoms with Crippen molar-refractivity contribution in [2.24, 2.45) is 5.41 Å². The predicted octanol–water partition coefficient (Wildman–Crippen LogP) is 2.99. The molecule has 4 rings (SSSR count). The smallest absolute Gasteiger partial charge is 0.243 e. The molecule has 9 nitrogen and oxygen atoms in total. The number of carbonyl (C=O) groups is 3. The minimum Gasteiger partial charge on any atom is -0.390 e. The molecule has 0 radical (unpaired) electrons. The zero-order chi connectivity index (χ0) is 29.4. The van der Waals surface area contributed by atoms with Gasteiger partial charge in [-0.2, -0.15) is 0 Å². The number of carbonyl (C=O) groups excluding carboxylic acids is 3. The Morgan fingerprint density at radius 3 is 2.48 bits per heavy atom. The summed E-state index contributed by atoms with van der Waals surface area (Å²) in [6, 6.07) is 18.1. The number of nitrogens with one attached hydrogen (secondary N) is 3. The summed E-state index contributed by atoms with van der Waals surface area (Å²) in [4.78, 5) is 45.7. The molecule has 226 valence electrons. The first-order valence-corrected chi connectivity index (χ1v) is 14.3. The highest BCUT2D eigenvalue weighted by Crippen LogP contribution is 2.26. The second-order valence-corrected chi connectivity index (χ2v) is 11.7. The van der Waals surface area contributed by atoms with Crippen molar-refractivity contribution in [2.45, 2.75) is 64.8 Å². The van der Waals surface area contributed by atoms with Crippen LogP contribution in [-0.4, -0.2) is 70.5 Å². The first kappa shape index (κ1) is 33.0. The topological polar surface area (TPSA) is 124 Å². The van der Waals surface area contributed by atoms with Crippen LogP contribution in [0.4, 0.5) is 0 Å². The Balaban J connectivity index is 0.00000484. The molecular weight excluding hydrogens is 554 g/mol. The Bertz CT molecular complexity index is 1350. The standard InChI is InChI=1S/C32H41N5O4.ClH/c1-32(2,3)31(41)37-16-8-12-28(37)30(40)36-27(18-22-13-14-23-9-4-5-10-24(23)17-22)29(39)35-21-26(38)20-33-19-25-11-6-7-15-34-25;/h4-7,9-11,13-15,17,26-28,33,38H,8,12,16,18-21H2,1-3H3,(H,35,39)(H,36,40);1H/t26?,27-,28+;/m1./s1. The Morgan fingerprint density at radius 2 is 1.76 bits per heavy atom. The number of hydrogen-bond acceptors (Lipinski definition) is 6. The SMILES string of the molecule is CC(C)(C)C(=O)N1CCC[C@H]1C(=O)N[C@H](Cc1ccc2ccccc2c1)C(=O)NCC(O)CNCc1ccccn1.Cl. The van der Waals surface area contributed by atoms with Crippen LogP contribution in [0.5, 0.6) is 0 Å². The van der Waals surface area contributed by atoms with Gasteiger partial charge in [0.05, 0.1) is 11.8 Å². The van der Waals surface area contributed by atoms with Crippen LogP contribution in [0.1, 0.15) is 44.9 Å². The Morgan fingerprint density at radius 1 is 1.02 bits per heavy atom. The molecule has 0 saturated carbocycles. The van der Waals surface area contributed by atoms with Crippen LogP contribution in [0.3, 0.4) is 0 Å². The van der Waals surface area contributed by atoms with Crippen LogP contribution in [0.2, 0.25) is 0 Å². The summed E-state index contributed by atoms with van der Waals surface area (Å²) in [5, 5.41) is 21.5. The highest BCUT2D eigenvalue weighted by Gasteiger charge is 2.39. The lowest BCUT2D eigenvalue weighted by molar-refractivity contribution is -0.145. The number of likely N-dealkylation sites (tertiary alicyclic amines) is 1. The van der Waals surface area contributed by atoms with Crippen molar-refractivity contribution in [3.05, 3.63) is 78.1 Å². The number of amides is 3. The van der Waals surface area contributed by atoms with Crippen molar-refractivity contribution < 1.29 is 19.5 Å². The molecule has 42 heavy (non-hydrogen) atoms. The lowest BCUT2D eigenvalue weighted by atomic mass is 9.94. The summed E-state index contributed by atoms with van der Waals surface area (Å²) < 4.78 is 0. The van der Waals surface area contributed by atoms with Crippen molar-refractivity contribution in [2.75, 3.05) is 19.6 Å². The van der Waals surface area contributed by atoms with Gasteiger partial charge in [-0.25, -0.2) is 0 Å². The number of aromatic nitrogens is 1. The van der Waals surface area contributed by atoms with E-state index in [1.807, 2.05) is 81.4 Å². The lowest BCUT2D eigenvalue weighted by Gasteiger charge is -2.31. The van der Waals surface area contributed by atoms with Gasteiger partial charge in [0.1, 0.15) is 12.1 Å². The fourth-order valence-corrected chi connectivity index (χ4v) is 5.08. The van der Waals surface area contributed by atoms with E-state index < -0.39 is 23.6 Å². The number of aliphatic hydroxyl groups is 1. The Labute approximate surface area is 253 Å². The zero-order valence-electron chi connectivity index (χ0n) is 24.5. The normalized spacial score (nSPS) is 16.4. The number of benzene rings is 2. The summed E-state index contributed by atoms with van der Waals surface area (Å²) in [6.45, 7) is 6.84. The number of pyridine rings is 1. The molecule has 1 saturated heterocycles. The molecule has 1 aromatic heterocycles. The van der Waals surface area contributed by atoms with Crippen molar-refractivity contribution >= 4 is 40.9 Å². The highest BCUT2D eigenvalue weighted by molar-refractivity contribution is 5.93. The molecule has 1 fully saturated rings. The van der Waals surface area contributed by atoms with E-state index >= 15 is 0 Å². The quantitative estimate of drug-likeness (QED) is 0.270. The molecule has 2 heterocycles. The number of aliphatic hydroxyl groups excluding tert-OH is 1. The molecular formula is C32H42ClN5O4. The van der Waals surface area contributed by atoms with Crippen molar-refractivity contribution in [3.8, 4) is 0 Å². The maximum absolute atomic E-state index is 13.5. The third kappa shape index (κ3) is 8.98. The van der Waals surface area contributed by atoms with Gasteiger partial charge in [0.15, 0.2) is 0 Å². The molecule has 3 amide bonds. The molecule has 0 spiro atoms. The van der Waals surface area contributed by atoms with E-state index in [4.69, 9.17) is 0 Å². The molecule has 1 unspecified atom stereocenters. The van der Waals surface area contributed by atoms with Gasteiger partial charge in [0, 0.05) is 44.2 Å². The van der Waals surface area contributed by atoms with Crippen LogP contribution >= 0.6 is 12.4 Å². The summed E-state index contributed by atoms with van der Waals surface area (Å²) >= 11 is 0. The number of halogens is 1. The zero-order valence-corrected chi connectivity index (χ0v) is 25.3.